The van der Waals surface area contributed by atoms with Crippen molar-refractivity contribution in [3.63, 3.8) is 0 Å². The van der Waals surface area contributed by atoms with Gasteiger partial charge in [-0.2, -0.15) is 0 Å². The minimum atomic E-state index is -0.149. The summed E-state index contributed by atoms with van der Waals surface area (Å²) >= 11 is 1.57. The number of benzene rings is 2. The van der Waals surface area contributed by atoms with E-state index in [0.717, 1.165) is 33.1 Å². The van der Waals surface area contributed by atoms with Gasteiger partial charge in [-0.05, 0) is 48.9 Å². The fourth-order valence-corrected chi connectivity index (χ4v) is 4.32. The van der Waals surface area contributed by atoms with E-state index >= 15 is 0 Å². The van der Waals surface area contributed by atoms with Gasteiger partial charge in [0.15, 0.2) is 11.4 Å². The summed E-state index contributed by atoms with van der Waals surface area (Å²) in [5.74, 6) is 1.37. The lowest BCUT2D eigenvalue weighted by atomic mass is 10.1. The summed E-state index contributed by atoms with van der Waals surface area (Å²) in [5.41, 5.74) is 4.69. The number of aryl methyl sites for hydroxylation is 1. The Morgan fingerprint density at radius 1 is 1.17 bits per heavy atom. The van der Waals surface area contributed by atoms with Crippen molar-refractivity contribution < 1.29 is 13.9 Å². The quantitative estimate of drug-likeness (QED) is 0.522. The highest BCUT2D eigenvalue weighted by atomic mass is 32.1. The number of para-hydroxylation sites is 1. The van der Waals surface area contributed by atoms with Gasteiger partial charge in [-0.15, -0.1) is 11.3 Å². The number of nitrogens with one attached hydrogen (secondary N) is 1. The van der Waals surface area contributed by atoms with Crippen LogP contribution in [0.4, 0.5) is 11.4 Å². The lowest BCUT2D eigenvalue weighted by Crippen LogP contribution is -2.25. The normalized spacial score (nSPS) is 13.6. The number of rotatable bonds is 4. The van der Waals surface area contributed by atoms with Crippen molar-refractivity contribution in [1.29, 1.82) is 0 Å². The Balaban J connectivity index is 1.64. The third-order valence-electron chi connectivity index (χ3n) is 4.93. The number of nitrogens with zero attached hydrogens (tertiary/aromatic N) is 2. The summed E-state index contributed by atoms with van der Waals surface area (Å²) in [6, 6.07) is 17.7. The Hall–Kier alpha value is -3.58. The molecule has 0 spiro atoms. The summed E-state index contributed by atoms with van der Waals surface area (Å²) in [6.45, 7) is 2.65. The van der Waals surface area contributed by atoms with E-state index in [1.807, 2.05) is 48.5 Å². The first kappa shape index (κ1) is 18.4. The lowest BCUT2D eigenvalue weighted by molar-refractivity contribution is -0.118. The van der Waals surface area contributed by atoms with Crippen LogP contribution >= 0.6 is 11.3 Å². The molecule has 6 nitrogen and oxygen atoms in total. The molecule has 3 heterocycles. The molecule has 30 heavy (non-hydrogen) atoms. The van der Waals surface area contributed by atoms with Gasteiger partial charge in [-0.1, -0.05) is 18.2 Å². The average molecular weight is 417 g/mol. The maximum absolute atomic E-state index is 11.7. The molecule has 1 N–H and O–H groups in total. The highest BCUT2D eigenvalue weighted by molar-refractivity contribution is 7.07. The predicted octanol–water partition coefficient (Wildman–Crippen LogP) is 4.73. The molecule has 1 aliphatic rings. The van der Waals surface area contributed by atoms with E-state index < -0.39 is 0 Å². The van der Waals surface area contributed by atoms with Gasteiger partial charge in [0.2, 0.25) is 0 Å². The van der Waals surface area contributed by atoms with Crippen molar-refractivity contribution in [3.05, 3.63) is 82.4 Å². The summed E-state index contributed by atoms with van der Waals surface area (Å²) in [6.07, 6.45) is 1.67. The first-order valence-electron chi connectivity index (χ1n) is 9.55. The Kier molecular flexibility index (Phi) is 4.72. The number of fused-ring (bicyclic) bond motifs is 1. The number of hydrogen-bond acceptors (Lipinski definition) is 5. The summed E-state index contributed by atoms with van der Waals surface area (Å²) < 4.78 is 13.2. The number of carbonyl (C=O) groups excluding carboxylic acids is 1. The number of furan rings is 1. The number of anilines is 1. The molecule has 0 fully saturated rings. The zero-order valence-electron chi connectivity index (χ0n) is 16.3. The Bertz CT molecular complexity index is 1290. The number of thiazole rings is 1. The monoisotopic (exact) mass is 417 g/mol. The second kappa shape index (κ2) is 7.68. The number of ether oxygens (including phenoxy) is 1. The van der Waals surface area contributed by atoms with Crippen LogP contribution in [0.15, 0.2) is 75.7 Å². The highest BCUT2D eigenvalue weighted by Gasteiger charge is 2.18. The van der Waals surface area contributed by atoms with Gasteiger partial charge in [0.05, 0.1) is 29.9 Å². The van der Waals surface area contributed by atoms with Gasteiger partial charge in [-0.3, -0.25) is 4.79 Å². The molecule has 2 aromatic heterocycles. The van der Waals surface area contributed by atoms with Gasteiger partial charge in [0, 0.05) is 10.9 Å². The van der Waals surface area contributed by atoms with Crippen molar-refractivity contribution in [2.45, 2.75) is 13.5 Å². The molecular formula is C23H19N3O3S. The maximum Gasteiger partial charge on any atom is 0.262 e. The van der Waals surface area contributed by atoms with Crippen LogP contribution in [0.1, 0.15) is 11.3 Å². The number of amides is 1. The number of carbonyl (C=O) groups is 1. The molecule has 0 unspecified atom stereocenters. The fraction of sp³-hybridized carbons (Fsp3) is 0.130. The van der Waals surface area contributed by atoms with E-state index in [4.69, 9.17) is 14.1 Å². The predicted molar refractivity (Wildman–Crippen MR) is 116 cm³/mol. The Morgan fingerprint density at radius 2 is 2.07 bits per heavy atom. The minimum absolute atomic E-state index is 0.0444. The van der Waals surface area contributed by atoms with Crippen LogP contribution in [-0.4, -0.2) is 17.1 Å². The maximum atomic E-state index is 11.7. The molecule has 0 radical (unpaired) electrons. The summed E-state index contributed by atoms with van der Waals surface area (Å²) in [7, 11) is 0. The molecule has 0 saturated heterocycles. The fourth-order valence-electron chi connectivity index (χ4n) is 3.39. The third kappa shape index (κ3) is 3.55. The van der Waals surface area contributed by atoms with E-state index in [1.54, 1.807) is 17.6 Å². The van der Waals surface area contributed by atoms with Crippen molar-refractivity contribution in [3.8, 4) is 17.0 Å². The van der Waals surface area contributed by atoms with Crippen molar-refractivity contribution in [1.82, 2.24) is 4.57 Å². The van der Waals surface area contributed by atoms with E-state index in [0.29, 0.717) is 18.0 Å². The Labute approximate surface area is 177 Å². The summed E-state index contributed by atoms with van der Waals surface area (Å²) in [4.78, 5) is 17.5. The third-order valence-corrected chi connectivity index (χ3v) is 5.80. The minimum Gasteiger partial charge on any atom is -0.482 e. The van der Waals surface area contributed by atoms with Gasteiger partial charge in [-0.25, -0.2) is 4.99 Å². The molecule has 150 valence electrons. The zero-order valence-corrected chi connectivity index (χ0v) is 17.1. The van der Waals surface area contributed by atoms with E-state index in [2.05, 4.69) is 28.3 Å². The topological polar surface area (TPSA) is 68.8 Å². The van der Waals surface area contributed by atoms with Crippen molar-refractivity contribution in [2.24, 2.45) is 4.99 Å². The molecule has 5 rings (SSSR count). The summed E-state index contributed by atoms with van der Waals surface area (Å²) in [5, 5.41) is 4.95. The largest absolute Gasteiger partial charge is 0.482 e. The molecule has 0 saturated carbocycles. The first-order valence-corrected chi connectivity index (χ1v) is 10.4. The van der Waals surface area contributed by atoms with Crippen LogP contribution in [0, 0.1) is 6.92 Å². The standard InChI is InChI=1S/C23H19N3O3S/c1-15-5-2-3-7-18(15)25-23-26(12-17-6-4-10-28-17)20(14-30-23)16-8-9-21-19(11-16)24-22(27)13-29-21/h2-11,14H,12-13H2,1H3,(H,24,27). The first-order chi connectivity index (χ1) is 14.7. The molecule has 1 amide bonds. The Morgan fingerprint density at radius 3 is 2.90 bits per heavy atom. The van der Waals surface area contributed by atoms with Crippen molar-refractivity contribution in [2.75, 3.05) is 11.9 Å². The molecule has 0 atom stereocenters. The molecule has 7 heteroatoms. The SMILES string of the molecule is Cc1ccccc1N=c1scc(-c2ccc3c(c2)NC(=O)CO3)n1Cc1ccco1. The van der Waals surface area contributed by atoms with Crippen LogP contribution in [0.3, 0.4) is 0 Å². The highest BCUT2D eigenvalue weighted by Crippen LogP contribution is 2.33. The average Bonchev–Trinajstić information content (AvgIpc) is 3.40. The van der Waals surface area contributed by atoms with Crippen LogP contribution in [0.25, 0.3) is 11.3 Å². The lowest BCUT2D eigenvalue weighted by Gasteiger charge is -2.18. The molecular weight excluding hydrogens is 398 g/mol. The van der Waals surface area contributed by atoms with Gasteiger partial charge >= 0.3 is 0 Å². The molecule has 4 aromatic rings. The number of hydrogen-bond donors (Lipinski definition) is 1. The molecule has 0 aliphatic carbocycles. The van der Waals surface area contributed by atoms with E-state index in [-0.39, 0.29) is 12.5 Å². The van der Waals surface area contributed by atoms with Crippen molar-refractivity contribution >= 4 is 28.6 Å². The van der Waals surface area contributed by atoms with E-state index in [9.17, 15) is 4.79 Å². The zero-order chi connectivity index (χ0) is 20.5. The molecule has 0 bridgehead atoms. The van der Waals surface area contributed by atoms with Crippen LogP contribution < -0.4 is 14.9 Å². The van der Waals surface area contributed by atoms with Gasteiger partial charge in [0.25, 0.3) is 5.91 Å². The van der Waals surface area contributed by atoms with E-state index in [1.165, 1.54) is 0 Å². The second-order valence-corrected chi connectivity index (χ2v) is 7.85. The van der Waals surface area contributed by atoms with Crippen LogP contribution in [-0.2, 0) is 11.3 Å². The molecule has 1 aliphatic heterocycles. The van der Waals surface area contributed by atoms with Gasteiger partial charge in [0.1, 0.15) is 11.5 Å². The van der Waals surface area contributed by atoms with Gasteiger partial charge < -0.3 is 19.0 Å². The smallest absolute Gasteiger partial charge is 0.262 e. The number of aromatic nitrogens is 1. The van der Waals surface area contributed by atoms with Crippen LogP contribution in [0.2, 0.25) is 0 Å². The molecule has 2 aromatic carbocycles. The van der Waals surface area contributed by atoms with Crippen LogP contribution in [0.5, 0.6) is 5.75 Å². The second-order valence-electron chi connectivity index (χ2n) is 7.02.